The van der Waals surface area contributed by atoms with E-state index in [1.807, 2.05) is 79.1 Å². The van der Waals surface area contributed by atoms with Gasteiger partial charge in [0.15, 0.2) is 0 Å². The molecule has 2 heterocycles. The molecule has 202 valence electrons. The van der Waals surface area contributed by atoms with Crippen LogP contribution in [0.5, 0.6) is 0 Å². The lowest BCUT2D eigenvalue weighted by atomic mass is 10.1. The summed E-state index contributed by atoms with van der Waals surface area (Å²) in [6, 6.07) is 24.6. The molecular formula is C33H33N5O2. The minimum atomic E-state index is -0.0777. The monoisotopic (exact) mass is 531 g/mol. The van der Waals surface area contributed by atoms with Crippen molar-refractivity contribution in [3.63, 3.8) is 0 Å². The average Bonchev–Trinajstić information content (AvgIpc) is 3.50. The van der Waals surface area contributed by atoms with E-state index in [1.165, 1.54) is 0 Å². The maximum absolute atomic E-state index is 13.0. The number of rotatable bonds is 8. The Kier molecular flexibility index (Phi) is 6.74. The number of aromatic nitrogens is 2. The number of aryl methyl sites for hydroxylation is 2. The van der Waals surface area contributed by atoms with Crippen LogP contribution in [-0.4, -0.2) is 59.1 Å². The van der Waals surface area contributed by atoms with E-state index in [0.717, 1.165) is 43.4 Å². The first-order valence-corrected chi connectivity index (χ1v) is 13.6. The summed E-state index contributed by atoms with van der Waals surface area (Å²) in [6.07, 6.45) is 3.81. The molecule has 0 bridgehead atoms. The van der Waals surface area contributed by atoms with Gasteiger partial charge in [0.2, 0.25) is 0 Å². The van der Waals surface area contributed by atoms with Crippen LogP contribution in [0.1, 0.15) is 20.7 Å². The van der Waals surface area contributed by atoms with E-state index in [4.69, 9.17) is 0 Å². The molecule has 2 N–H and O–H groups in total. The highest BCUT2D eigenvalue weighted by Crippen LogP contribution is 2.30. The summed E-state index contributed by atoms with van der Waals surface area (Å²) in [7, 11) is 5.95. The van der Waals surface area contributed by atoms with Gasteiger partial charge in [0.1, 0.15) is 0 Å². The van der Waals surface area contributed by atoms with Gasteiger partial charge in [-0.2, -0.15) is 0 Å². The van der Waals surface area contributed by atoms with E-state index < -0.39 is 0 Å². The molecule has 2 amide bonds. The Morgan fingerprint density at radius 3 is 1.50 bits per heavy atom. The van der Waals surface area contributed by atoms with Crippen LogP contribution < -0.4 is 10.6 Å². The van der Waals surface area contributed by atoms with Crippen molar-refractivity contribution in [3.05, 3.63) is 96.3 Å². The first-order valence-electron chi connectivity index (χ1n) is 13.6. The van der Waals surface area contributed by atoms with E-state index in [9.17, 15) is 9.59 Å². The van der Waals surface area contributed by atoms with Gasteiger partial charge in [0, 0.05) is 74.2 Å². The maximum atomic E-state index is 13.0. The van der Waals surface area contributed by atoms with Crippen molar-refractivity contribution in [1.29, 1.82) is 0 Å². The van der Waals surface area contributed by atoms with E-state index in [2.05, 4.69) is 51.9 Å². The Bertz CT molecular complexity index is 1760. The second kappa shape index (κ2) is 10.5. The number of likely N-dealkylation sites (N-methyl/N-ethyl adjacent to an activating group) is 1. The van der Waals surface area contributed by atoms with Crippen molar-refractivity contribution in [3.8, 4) is 0 Å². The van der Waals surface area contributed by atoms with Crippen LogP contribution in [0, 0.1) is 0 Å². The van der Waals surface area contributed by atoms with Gasteiger partial charge in [-0.05, 0) is 17.8 Å². The quantitative estimate of drug-likeness (QED) is 0.288. The number of hydrogen-bond donors (Lipinski definition) is 2. The molecule has 0 radical (unpaired) electrons. The Morgan fingerprint density at radius 1 is 0.625 bits per heavy atom. The Labute approximate surface area is 233 Å². The number of nitrogens with zero attached hydrogens (tertiary/aromatic N) is 3. The van der Waals surface area contributed by atoms with E-state index >= 15 is 0 Å². The van der Waals surface area contributed by atoms with Crippen molar-refractivity contribution in [2.24, 2.45) is 14.1 Å². The molecule has 0 atom stereocenters. The lowest BCUT2D eigenvalue weighted by molar-refractivity contribution is 0.0950. The van der Waals surface area contributed by atoms with Gasteiger partial charge in [-0.3, -0.25) is 9.59 Å². The van der Waals surface area contributed by atoms with E-state index in [-0.39, 0.29) is 11.8 Å². The highest BCUT2D eigenvalue weighted by molar-refractivity contribution is 6.15. The Balaban J connectivity index is 1.03. The number of carbonyl (C=O) groups excluding carboxylic acids is 2. The van der Waals surface area contributed by atoms with Crippen LogP contribution in [-0.2, 0) is 14.1 Å². The lowest BCUT2D eigenvalue weighted by Gasteiger charge is -2.17. The zero-order chi connectivity index (χ0) is 27.8. The van der Waals surface area contributed by atoms with Gasteiger partial charge in [-0.15, -0.1) is 0 Å². The van der Waals surface area contributed by atoms with Crippen LogP contribution in [0.25, 0.3) is 43.4 Å². The SMILES string of the molecule is CN(CCNC(=O)c1cn(C)c2c1ccc1ccccc12)CCNC(=O)c1cn(C)c2c1ccc1ccccc12. The van der Waals surface area contributed by atoms with Gasteiger partial charge in [0.25, 0.3) is 11.8 Å². The lowest BCUT2D eigenvalue weighted by Crippen LogP contribution is -2.37. The molecule has 0 spiro atoms. The van der Waals surface area contributed by atoms with Crippen molar-refractivity contribution in [2.75, 3.05) is 33.2 Å². The Morgan fingerprint density at radius 2 is 1.05 bits per heavy atom. The molecule has 6 aromatic rings. The fraction of sp³-hybridized carbons (Fsp3) is 0.212. The zero-order valence-electron chi connectivity index (χ0n) is 23.1. The fourth-order valence-corrected chi connectivity index (χ4v) is 5.75. The third-order valence-electron chi connectivity index (χ3n) is 7.78. The van der Waals surface area contributed by atoms with Crippen molar-refractivity contribution in [2.45, 2.75) is 0 Å². The predicted octanol–water partition coefficient (Wildman–Crippen LogP) is 5.07. The molecule has 0 unspecified atom stereocenters. The van der Waals surface area contributed by atoms with Crippen LogP contribution in [0.3, 0.4) is 0 Å². The Hall–Kier alpha value is -4.62. The molecule has 0 saturated heterocycles. The molecule has 0 aliphatic heterocycles. The number of benzene rings is 4. The highest BCUT2D eigenvalue weighted by atomic mass is 16.2. The summed E-state index contributed by atoms with van der Waals surface area (Å²) in [5.41, 5.74) is 3.49. The van der Waals surface area contributed by atoms with Crippen LogP contribution in [0.4, 0.5) is 0 Å². The van der Waals surface area contributed by atoms with Gasteiger partial charge in [0.05, 0.1) is 22.2 Å². The minimum Gasteiger partial charge on any atom is -0.351 e. The molecule has 0 fully saturated rings. The maximum Gasteiger partial charge on any atom is 0.253 e. The third-order valence-corrected chi connectivity index (χ3v) is 7.78. The van der Waals surface area contributed by atoms with Crippen LogP contribution in [0.15, 0.2) is 85.2 Å². The smallest absolute Gasteiger partial charge is 0.253 e. The molecule has 6 rings (SSSR count). The summed E-state index contributed by atoms with van der Waals surface area (Å²) < 4.78 is 4.06. The highest BCUT2D eigenvalue weighted by Gasteiger charge is 2.17. The number of nitrogens with one attached hydrogen (secondary N) is 2. The van der Waals surface area contributed by atoms with Crippen LogP contribution >= 0.6 is 0 Å². The average molecular weight is 532 g/mol. The van der Waals surface area contributed by atoms with Gasteiger partial charge in [-0.1, -0.05) is 72.8 Å². The molecule has 0 saturated carbocycles. The van der Waals surface area contributed by atoms with Gasteiger partial charge in [-0.25, -0.2) is 0 Å². The summed E-state index contributed by atoms with van der Waals surface area (Å²) in [4.78, 5) is 28.2. The molecule has 2 aromatic heterocycles. The van der Waals surface area contributed by atoms with E-state index in [1.54, 1.807) is 0 Å². The van der Waals surface area contributed by atoms with E-state index in [0.29, 0.717) is 37.3 Å². The van der Waals surface area contributed by atoms with Crippen molar-refractivity contribution in [1.82, 2.24) is 24.7 Å². The first kappa shape index (κ1) is 25.6. The first-order chi connectivity index (χ1) is 19.4. The molecular weight excluding hydrogens is 498 g/mol. The number of fused-ring (bicyclic) bond motifs is 6. The molecule has 7 nitrogen and oxygen atoms in total. The predicted molar refractivity (Wildman–Crippen MR) is 163 cm³/mol. The molecule has 0 aliphatic rings. The molecule has 7 heteroatoms. The topological polar surface area (TPSA) is 71.3 Å². The molecule has 40 heavy (non-hydrogen) atoms. The summed E-state index contributed by atoms with van der Waals surface area (Å²) >= 11 is 0. The summed E-state index contributed by atoms with van der Waals surface area (Å²) in [5, 5.41) is 12.6. The summed E-state index contributed by atoms with van der Waals surface area (Å²) in [5.74, 6) is -0.155. The second-order valence-corrected chi connectivity index (χ2v) is 10.5. The van der Waals surface area contributed by atoms with Crippen LogP contribution in [0.2, 0.25) is 0 Å². The third kappa shape index (κ3) is 4.58. The molecule has 0 aliphatic carbocycles. The molecule has 4 aromatic carbocycles. The summed E-state index contributed by atoms with van der Waals surface area (Å²) in [6.45, 7) is 2.39. The van der Waals surface area contributed by atoms with Gasteiger partial charge >= 0.3 is 0 Å². The zero-order valence-corrected chi connectivity index (χ0v) is 23.1. The minimum absolute atomic E-state index is 0.0777. The van der Waals surface area contributed by atoms with Crippen molar-refractivity contribution >= 4 is 55.2 Å². The standard InChI is InChI=1S/C33H33N5O2/c1-36(18-16-34-32(39)28-20-37(2)30-24-10-6-4-8-22(24)12-14-26(28)30)19-17-35-33(40)29-21-38(3)31-25-11-7-5-9-23(25)13-15-27(29)31/h4-15,20-21H,16-19H2,1-3H3,(H,34,39)(H,35,40). The largest absolute Gasteiger partial charge is 0.351 e. The number of hydrogen-bond acceptors (Lipinski definition) is 3. The van der Waals surface area contributed by atoms with Gasteiger partial charge < -0.3 is 24.7 Å². The normalized spacial score (nSPS) is 11.7. The number of carbonyl (C=O) groups is 2. The fourth-order valence-electron chi connectivity index (χ4n) is 5.75. The van der Waals surface area contributed by atoms with Crippen molar-refractivity contribution < 1.29 is 9.59 Å². The second-order valence-electron chi connectivity index (χ2n) is 10.5. The number of amides is 2.